The third-order valence-corrected chi connectivity index (χ3v) is 7.87. The number of rotatable bonds is 3. The molecule has 3 rings (SSSR count). The van der Waals surface area contributed by atoms with Crippen LogP contribution in [0.25, 0.3) is 0 Å². The monoisotopic (exact) mass is 328 g/mol. The summed E-state index contributed by atoms with van der Waals surface area (Å²) in [6, 6.07) is 1.56. The van der Waals surface area contributed by atoms with E-state index in [2.05, 4.69) is 4.98 Å². The van der Waals surface area contributed by atoms with Crippen LogP contribution in [0.2, 0.25) is 0 Å². The average Bonchev–Trinajstić information content (AvgIpc) is 2.92. The summed E-state index contributed by atoms with van der Waals surface area (Å²) < 4.78 is 32.8. The van der Waals surface area contributed by atoms with Gasteiger partial charge in [-0.1, -0.05) is 19.3 Å². The fraction of sp³-hybridized carbons (Fsp3) is 0.643. The number of thioether (sulfide) groups is 1. The summed E-state index contributed by atoms with van der Waals surface area (Å²) in [7, 11) is -1.99. The van der Waals surface area contributed by atoms with Crippen LogP contribution in [-0.4, -0.2) is 42.0 Å². The predicted octanol–water partition coefficient (Wildman–Crippen LogP) is 2.49. The van der Waals surface area contributed by atoms with Crippen molar-refractivity contribution in [1.82, 2.24) is 9.29 Å². The maximum absolute atomic E-state index is 13.0. The van der Waals surface area contributed by atoms with Crippen LogP contribution in [-0.2, 0) is 10.0 Å². The Labute approximate surface area is 130 Å². The Hall–Kier alpha value is -0.790. The van der Waals surface area contributed by atoms with Crippen molar-refractivity contribution in [1.29, 1.82) is 0 Å². The Morgan fingerprint density at radius 1 is 1.29 bits per heavy atom. The standard InChI is InChI=1S/C14H20N2O3S2/c1-19-12-9-13(11-15-10-12)21(17,18)16-7-8-20-14(16)5-3-2-4-6-14/h9-11H,2-8H2,1H3. The van der Waals surface area contributed by atoms with Gasteiger partial charge in [-0.25, -0.2) is 8.42 Å². The van der Waals surface area contributed by atoms with E-state index in [0.29, 0.717) is 12.3 Å². The summed E-state index contributed by atoms with van der Waals surface area (Å²) >= 11 is 1.80. The third kappa shape index (κ3) is 2.66. The van der Waals surface area contributed by atoms with E-state index in [1.807, 2.05) is 0 Å². The fourth-order valence-corrected chi connectivity index (χ4v) is 6.91. The largest absolute Gasteiger partial charge is 0.495 e. The van der Waals surface area contributed by atoms with Gasteiger partial charge in [0.05, 0.1) is 18.2 Å². The van der Waals surface area contributed by atoms with Crippen LogP contribution in [0.4, 0.5) is 0 Å². The lowest BCUT2D eigenvalue weighted by Crippen LogP contribution is -2.46. The number of pyridine rings is 1. The summed E-state index contributed by atoms with van der Waals surface area (Å²) in [5, 5.41) is 0. The molecular weight excluding hydrogens is 308 g/mol. The van der Waals surface area contributed by atoms with E-state index in [4.69, 9.17) is 4.74 Å². The molecule has 2 heterocycles. The molecule has 1 aromatic rings. The first kappa shape index (κ1) is 15.1. The second-order valence-corrected chi connectivity index (χ2v) is 8.81. The molecule has 1 spiro atoms. The van der Waals surface area contributed by atoms with Crippen LogP contribution < -0.4 is 4.74 Å². The molecule has 1 saturated carbocycles. The molecule has 2 fully saturated rings. The molecule has 1 aliphatic heterocycles. The maximum Gasteiger partial charge on any atom is 0.246 e. The normalized spacial score (nSPS) is 22.5. The smallest absolute Gasteiger partial charge is 0.246 e. The predicted molar refractivity (Wildman–Crippen MR) is 83.0 cm³/mol. The summed E-state index contributed by atoms with van der Waals surface area (Å²) in [5.41, 5.74) is 0. The lowest BCUT2D eigenvalue weighted by atomic mass is 9.95. The van der Waals surface area contributed by atoms with Gasteiger partial charge in [0.15, 0.2) is 0 Å². The molecule has 0 unspecified atom stereocenters. The Morgan fingerprint density at radius 3 is 2.76 bits per heavy atom. The van der Waals surface area contributed by atoms with Gasteiger partial charge in [-0.15, -0.1) is 11.8 Å². The molecule has 0 amide bonds. The zero-order chi connectivity index (χ0) is 14.9. The van der Waals surface area contributed by atoms with Crippen LogP contribution in [0.1, 0.15) is 32.1 Å². The molecular formula is C14H20N2O3S2. The van der Waals surface area contributed by atoms with Gasteiger partial charge in [0.2, 0.25) is 10.0 Å². The fourth-order valence-electron chi connectivity index (χ4n) is 3.21. The quantitative estimate of drug-likeness (QED) is 0.853. The number of nitrogens with zero attached hydrogens (tertiary/aromatic N) is 2. The molecule has 1 aliphatic carbocycles. The molecule has 2 aliphatic rings. The van der Waals surface area contributed by atoms with Gasteiger partial charge in [0.1, 0.15) is 10.6 Å². The SMILES string of the molecule is COc1cncc(S(=O)(=O)N2CCSC23CCCCC3)c1. The summed E-state index contributed by atoms with van der Waals surface area (Å²) in [4.78, 5) is 3.98. The van der Waals surface area contributed by atoms with E-state index < -0.39 is 10.0 Å². The van der Waals surface area contributed by atoms with E-state index in [0.717, 1.165) is 31.4 Å². The Morgan fingerprint density at radius 2 is 2.05 bits per heavy atom. The Kier molecular flexibility index (Phi) is 4.16. The van der Waals surface area contributed by atoms with Gasteiger partial charge in [-0.2, -0.15) is 4.31 Å². The van der Waals surface area contributed by atoms with Gasteiger partial charge in [0, 0.05) is 24.6 Å². The highest BCUT2D eigenvalue weighted by Gasteiger charge is 2.48. The van der Waals surface area contributed by atoms with E-state index in [1.165, 1.54) is 25.9 Å². The third-order valence-electron chi connectivity index (χ3n) is 4.27. The number of hydrogen-bond acceptors (Lipinski definition) is 5. The molecule has 116 valence electrons. The second kappa shape index (κ2) is 5.78. The molecule has 1 saturated heterocycles. The molecule has 5 nitrogen and oxygen atoms in total. The first-order valence-corrected chi connectivity index (χ1v) is 9.67. The van der Waals surface area contributed by atoms with Crippen molar-refractivity contribution in [2.45, 2.75) is 41.9 Å². The molecule has 1 aromatic heterocycles. The van der Waals surface area contributed by atoms with Crippen molar-refractivity contribution in [3.05, 3.63) is 18.5 Å². The number of methoxy groups -OCH3 is 1. The highest BCUT2D eigenvalue weighted by molar-refractivity contribution is 8.02. The van der Waals surface area contributed by atoms with E-state index in [-0.39, 0.29) is 9.77 Å². The first-order chi connectivity index (χ1) is 10.1. The van der Waals surface area contributed by atoms with Crippen molar-refractivity contribution in [2.75, 3.05) is 19.4 Å². The van der Waals surface area contributed by atoms with Gasteiger partial charge in [0.25, 0.3) is 0 Å². The van der Waals surface area contributed by atoms with Crippen LogP contribution >= 0.6 is 11.8 Å². The summed E-state index contributed by atoms with van der Waals surface area (Å²) in [5.74, 6) is 1.34. The van der Waals surface area contributed by atoms with Crippen molar-refractivity contribution >= 4 is 21.8 Å². The summed E-state index contributed by atoms with van der Waals surface area (Å²) in [6.07, 6.45) is 8.26. The maximum atomic E-state index is 13.0. The molecule has 7 heteroatoms. The average molecular weight is 328 g/mol. The molecule has 0 atom stereocenters. The van der Waals surface area contributed by atoms with Gasteiger partial charge in [-0.3, -0.25) is 4.98 Å². The first-order valence-electron chi connectivity index (χ1n) is 7.24. The minimum absolute atomic E-state index is 0.231. The zero-order valence-electron chi connectivity index (χ0n) is 12.1. The molecule has 0 radical (unpaired) electrons. The molecule has 0 bridgehead atoms. The van der Waals surface area contributed by atoms with Crippen LogP contribution in [0.15, 0.2) is 23.4 Å². The Bertz CT molecular complexity index is 612. The van der Waals surface area contributed by atoms with Crippen molar-refractivity contribution in [3.8, 4) is 5.75 Å². The minimum atomic E-state index is -3.51. The lowest BCUT2D eigenvalue weighted by Gasteiger charge is -2.39. The van der Waals surface area contributed by atoms with E-state index in [1.54, 1.807) is 22.1 Å². The molecule has 0 N–H and O–H groups in total. The van der Waals surface area contributed by atoms with Crippen molar-refractivity contribution < 1.29 is 13.2 Å². The minimum Gasteiger partial charge on any atom is -0.495 e. The number of sulfonamides is 1. The lowest BCUT2D eigenvalue weighted by molar-refractivity contribution is 0.243. The molecule has 0 aromatic carbocycles. The number of aromatic nitrogens is 1. The number of hydrogen-bond donors (Lipinski definition) is 0. The molecule has 21 heavy (non-hydrogen) atoms. The topological polar surface area (TPSA) is 59.5 Å². The van der Waals surface area contributed by atoms with Gasteiger partial charge >= 0.3 is 0 Å². The highest BCUT2D eigenvalue weighted by atomic mass is 32.2. The highest BCUT2D eigenvalue weighted by Crippen LogP contribution is 2.48. The van der Waals surface area contributed by atoms with E-state index >= 15 is 0 Å². The van der Waals surface area contributed by atoms with Crippen molar-refractivity contribution in [3.63, 3.8) is 0 Å². The van der Waals surface area contributed by atoms with E-state index in [9.17, 15) is 8.42 Å². The number of ether oxygens (including phenoxy) is 1. The summed E-state index contributed by atoms with van der Waals surface area (Å²) in [6.45, 7) is 0.588. The van der Waals surface area contributed by atoms with Gasteiger partial charge < -0.3 is 4.74 Å². The second-order valence-electron chi connectivity index (χ2n) is 5.49. The van der Waals surface area contributed by atoms with Gasteiger partial charge in [-0.05, 0) is 12.8 Å². The van der Waals surface area contributed by atoms with Crippen LogP contribution in [0.5, 0.6) is 5.75 Å². The Balaban J connectivity index is 1.96. The van der Waals surface area contributed by atoms with Crippen LogP contribution in [0.3, 0.4) is 0 Å². The van der Waals surface area contributed by atoms with Crippen LogP contribution in [0, 0.1) is 0 Å². The van der Waals surface area contributed by atoms with Crippen molar-refractivity contribution in [2.24, 2.45) is 0 Å². The zero-order valence-corrected chi connectivity index (χ0v) is 13.8.